The average molecular weight is 371 g/mol. The smallest absolute Gasteiger partial charge is 0.305 e. The van der Waals surface area contributed by atoms with Gasteiger partial charge in [0.25, 0.3) is 0 Å². The first-order chi connectivity index (χ1) is 13.0. The second-order valence-electron chi connectivity index (χ2n) is 6.16. The lowest BCUT2D eigenvalue weighted by Crippen LogP contribution is -2.30. The summed E-state index contributed by atoms with van der Waals surface area (Å²) in [6, 6.07) is 14.2. The molecule has 0 saturated heterocycles. The Balaban J connectivity index is 1.92. The molecule has 27 heavy (non-hydrogen) atoms. The zero-order chi connectivity index (χ0) is 19.6. The van der Waals surface area contributed by atoms with E-state index in [9.17, 15) is 9.59 Å². The fourth-order valence-corrected chi connectivity index (χ4v) is 2.88. The summed E-state index contributed by atoms with van der Waals surface area (Å²) in [5, 5.41) is 11.9. The maximum atomic E-state index is 12.3. The molecule has 0 aliphatic rings. The van der Waals surface area contributed by atoms with Gasteiger partial charge in [0.1, 0.15) is 11.5 Å². The Morgan fingerprint density at radius 2 is 1.81 bits per heavy atom. The van der Waals surface area contributed by atoms with Crippen molar-refractivity contribution in [3.8, 4) is 11.5 Å². The number of carboxylic acid groups (broad SMARTS) is 1. The van der Waals surface area contributed by atoms with Crippen LogP contribution in [0.4, 0.5) is 0 Å². The van der Waals surface area contributed by atoms with Gasteiger partial charge in [-0.15, -0.1) is 0 Å². The van der Waals surface area contributed by atoms with Crippen molar-refractivity contribution in [2.75, 3.05) is 14.2 Å². The lowest BCUT2D eigenvalue weighted by atomic mass is 10.0. The predicted molar refractivity (Wildman–Crippen MR) is 102 cm³/mol. The highest BCUT2D eigenvalue weighted by Crippen LogP contribution is 2.26. The molecule has 0 aliphatic carbocycles. The summed E-state index contributed by atoms with van der Waals surface area (Å²) in [4.78, 5) is 23.4. The number of hydrogen-bond acceptors (Lipinski definition) is 4. The molecule has 0 bridgehead atoms. The number of carboxylic acids is 1. The van der Waals surface area contributed by atoms with Crippen molar-refractivity contribution >= 4 is 11.9 Å². The Morgan fingerprint density at radius 3 is 2.44 bits per heavy atom. The molecule has 0 aliphatic heterocycles. The van der Waals surface area contributed by atoms with Crippen molar-refractivity contribution in [1.29, 1.82) is 0 Å². The normalized spacial score (nSPS) is 11.5. The molecule has 0 fully saturated rings. The van der Waals surface area contributed by atoms with E-state index in [0.29, 0.717) is 25.0 Å². The SMILES string of the molecule is COc1ccc(CCCC(=O)NC(CC(=O)O)c2ccccc2)c(OC)c1. The van der Waals surface area contributed by atoms with E-state index in [1.165, 1.54) is 0 Å². The maximum absolute atomic E-state index is 12.3. The van der Waals surface area contributed by atoms with Crippen LogP contribution < -0.4 is 14.8 Å². The van der Waals surface area contributed by atoms with E-state index in [0.717, 1.165) is 16.9 Å². The van der Waals surface area contributed by atoms with Gasteiger partial charge in [-0.25, -0.2) is 0 Å². The average Bonchev–Trinajstić information content (AvgIpc) is 2.68. The number of methoxy groups -OCH3 is 2. The third-order valence-corrected chi connectivity index (χ3v) is 4.26. The summed E-state index contributed by atoms with van der Waals surface area (Å²) in [6.07, 6.45) is 1.46. The van der Waals surface area contributed by atoms with Gasteiger partial charge in [0.05, 0.1) is 26.7 Å². The number of hydrogen-bond donors (Lipinski definition) is 2. The zero-order valence-corrected chi connectivity index (χ0v) is 15.6. The number of carbonyl (C=O) groups excluding carboxylic acids is 1. The minimum atomic E-state index is -0.952. The summed E-state index contributed by atoms with van der Waals surface area (Å²) in [5.74, 6) is 0.320. The highest BCUT2D eigenvalue weighted by atomic mass is 16.5. The second kappa shape index (κ2) is 10.2. The Morgan fingerprint density at radius 1 is 1.07 bits per heavy atom. The largest absolute Gasteiger partial charge is 0.497 e. The molecule has 0 spiro atoms. The van der Waals surface area contributed by atoms with Gasteiger partial charge in [0.2, 0.25) is 5.91 Å². The van der Waals surface area contributed by atoms with E-state index in [2.05, 4.69) is 5.32 Å². The van der Waals surface area contributed by atoms with Gasteiger partial charge in [-0.2, -0.15) is 0 Å². The minimum absolute atomic E-state index is 0.151. The molecule has 0 heterocycles. The maximum Gasteiger partial charge on any atom is 0.305 e. The van der Waals surface area contributed by atoms with Crippen LogP contribution in [-0.4, -0.2) is 31.2 Å². The summed E-state index contributed by atoms with van der Waals surface area (Å²) >= 11 is 0. The third-order valence-electron chi connectivity index (χ3n) is 4.26. The molecule has 0 radical (unpaired) electrons. The van der Waals surface area contributed by atoms with Crippen LogP contribution in [0.5, 0.6) is 11.5 Å². The molecular formula is C21H25NO5. The van der Waals surface area contributed by atoms with Gasteiger partial charge in [0, 0.05) is 12.5 Å². The molecule has 6 heteroatoms. The van der Waals surface area contributed by atoms with Gasteiger partial charge in [0.15, 0.2) is 0 Å². The molecule has 1 amide bonds. The van der Waals surface area contributed by atoms with Crippen LogP contribution in [0.1, 0.15) is 36.4 Å². The first-order valence-corrected chi connectivity index (χ1v) is 8.80. The minimum Gasteiger partial charge on any atom is -0.497 e. The number of carbonyl (C=O) groups is 2. The summed E-state index contributed by atoms with van der Waals surface area (Å²) in [6.45, 7) is 0. The lowest BCUT2D eigenvalue weighted by Gasteiger charge is -2.17. The Bertz CT molecular complexity index is 760. The van der Waals surface area contributed by atoms with Crippen molar-refractivity contribution in [1.82, 2.24) is 5.32 Å². The molecule has 6 nitrogen and oxygen atoms in total. The monoisotopic (exact) mass is 371 g/mol. The van der Waals surface area contributed by atoms with Crippen LogP contribution in [0.15, 0.2) is 48.5 Å². The van der Waals surface area contributed by atoms with E-state index in [-0.39, 0.29) is 12.3 Å². The Hall–Kier alpha value is -3.02. The Labute approximate surface area is 159 Å². The van der Waals surface area contributed by atoms with Gasteiger partial charge >= 0.3 is 5.97 Å². The van der Waals surface area contributed by atoms with Crippen LogP contribution in [0.3, 0.4) is 0 Å². The molecule has 0 saturated carbocycles. The van der Waals surface area contributed by atoms with Gasteiger partial charge < -0.3 is 19.9 Å². The molecule has 1 atom stereocenters. The molecular weight excluding hydrogens is 346 g/mol. The number of nitrogens with one attached hydrogen (secondary N) is 1. The van der Waals surface area contributed by atoms with E-state index in [1.807, 2.05) is 48.5 Å². The molecule has 144 valence electrons. The number of aliphatic carboxylic acids is 1. The molecule has 2 aromatic carbocycles. The van der Waals surface area contributed by atoms with E-state index >= 15 is 0 Å². The quantitative estimate of drug-likeness (QED) is 0.669. The molecule has 0 aromatic heterocycles. The zero-order valence-electron chi connectivity index (χ0n) is 15.6. The van der Waals surface area contributed by atoms with E-state index < -0.39 is 12.0 Å². The van der Waals surface area contributed by atoms with E-state index in [4.69, 9.17) is 14.6 Å². The van der Waals surface area contributed by atoms with Crippen molar-refractivity contribution in [3.63, 3.8) is 0 Å². The van der Waals surface area contributed by atoms with Crippen LogP contribution in [-0.2, 0) is 16.0 Å². The topological polar surface area (TPSA) is 84.9 Å². The number of benzene rings is 2. The first kappa shape index (κ1) is 20.3. The van der Waals surface area contributed by atoms with Gasteiger partial charge in [-0.3, -0.25) is 9.59 Å². The molecule has 2 N–H and O–H groups in total. The number of rotatable bonds is 10. The molecule has 1 unspecified atom stereocenters. The van der Waals surface area contributed by atoms with Crippen molar-refractivity contribution in [3.05, 3.63) is 59.7 Å². The standard InChI is InChI=1S/C21H25NO5/c1-26-17-12-11-16(19(13-17)27-2)9-6-10-20(23)22-18(14-21(24)25)15-7-4-3-5-8-15/h3-5,7-8,11-13,18H,6,9-10,14H2,1-2H3,(H,22,23)(H,24,25). The summed E-state index contributed by atoms with van der Waals surface area (Å²) in [7, 11) is 3.19. The summed E-state index contributed by atoms with van der Waals surface area (Å²) in [5.41, 5.74) is 1.78. The van der Waals surface area contributed by atoms with Gasteiger partial charge in [-0.05, 0) is 30.0 Å². The summed E-state index contributed by atoms with van der Waals surface area (Å²) < 4.78 is 10.5. The number of amides is 1. The highest BCUT2D eigenvalue weighted by molar-refractivity contribution is 5.77. The highest BCUT2D eigenvalue weighted by Gasteiger charge is 2.17. The number of ether oxygens (including phenoxy) is 2. The van der Waals surface area contributed by atoms with Crippen molar-refractivity contribution < 1.29 is 24.2 Å². The molecule has 2 rings (SSSR count). The number of aryl methyl sites for hydroxylation is 1. The Kier molecular flexibility index (Phi) is 7.67. The van der Waals surface area contributed by atoms with Crippen LogP contribution in [0, 0.1) is 0 Å². The predicted octanol–water partition coefficient (Wildman–Crippen LogP) is 3.36. The van der Waals surface area contributed by atoms with Crippen molar-refractivity contribution in [2.45, 2.75) is 31.7 Å². The van der Waals surface area contributed by atoms with Crippen LogP contribution in [0.2, 0.25) is 0 Å². The van der Waals surface area contributed by atoms with Crippen LogP contribution in [0.25, 0.3) is 0 Å². The van der Waals surface area contributed by atoms with Crippen molar-refractivity contribution in [2.24, 2.45) is 0 Å². The van der Waals surface area contributed by atoms with Crippen LogP contribution >= 0.6 is 0 Å². The first-order valence-electron chi connectivity index (χ1n) is 8.80. The fraction of sp³-hybridized carbons (Fsp3) is 0.333. The lowest BCUT2D eigenvalue weighted by molar-refractivity contribution is -0.137. The fourth-order valence-electron chi connectivity index (χ4n) is 2.88. The third kappa shape index (κ3) is 6.33. The molecule has 2 aromatic rings. The van der Waals surface area contributed by atoms with E-state index in [1.54, 1.807) is 14.2 Å². The van der Waals surface area contributed by atoms with Gasteiger partial charge in [-0.1, -0.05) is 36.4 Å². The second-order valence-corrected chi connectivity index (χ2v) is 6.16.